The number of para-hydroxylation sites is 1. The summed E-state index contributed by atoms with van der Waals surface area (Å²) in [5.41, 5.74) is 0.723. The summed E-state index contributed by atoms with van der Waals surface area (Å²) in [7, 11) is 1.58. The molecular formula is C16H16N2O3. The monoisotopic (exact) mass is 284 g/mol. The van der Waals surface area contributed by atoms with Crippen molar-refractivity contribution in [3.8, 4) is 11.5 Å². The van der Waals surface area contributed by atoms with E-state index in [9.17, 15) is 4.79 Å². The molecule has 1 N–H and O–H groups in total. The summed E-state index contributed by atoms with van der Waals surface area (Å²) in [4.78, 5) is 11.9. The zero-order valence-electron chi connectivity index (χ0n) is 11.7. The number of nitrogens with zero attached hydrogens (tertiary/aromatic N) is 1. The molecule has 5 heteroatoms. The molecule has 0 saturated heterocycles. The van der Waals surface area contributed by atoms with Gasteiger partial charge in [0.1, 0.15) is 18.1 Å². The number of benzene rings is 2. The maximum atomic E-state index is 11.9. The number of H-pyrrole nitrogens is 1. The van der Waals surface area contributed by atoms with Crippen molar-refractivity contribution in [2.24, 2.45) is 0 Å². The summed E-state index contributed by atoms with van der Waals surface area (Å²) in [6, 6.07) is 15.0. The molecule has 5 nitrogen and oxygen atoms in total. The Morgan fingerprint density at radius 1 is 1.10 bits per heavy atom. The predicted octanol–water partition coefficient (Wildman–Crippen LogP) is 2.42. The van der Waals surface area contributed by atoms with Crippen molar-refractivity contribution in [1.29, 1.82) is 0 Å². The van der Waals surface area contributed by atoms with Crippen LogP contribution < -0.4 is 15.0 Å². The molecule has 0 amide bonds. The van der Waals surface area contributed by atoms with Crippen LogP contribution in [0.5, 0.6) is 11.5 Å². The number of fused-ring (bicyclic) bond motifs is 1. The molecule has 0 fully saturated rings. The smallest absolute Gasteiger partial charge is 0.272 e. The Bertz CT molecular complexity index is 790. The van der Waals surface area contributed by atoms with Crippen LogP contribution in [-0.4, -0.2) is 23.5 Å². The van der Waals surface area contributed by atoms with Crippen LogP contribution >= 0.6 is 0 Å². The van der Waals surface area contributed by atoms with E-state index in [2.05, 4.69) is 5.10 Å². The Balaban J connectivity index is 1.77. The second kappa shape index (κ2) is 5.75. The van der Waals surface area contributed by atoms with Crippen LogP contribution in [0.4, 0.5) is 0 Å². The number of aromatic nitrogens is 2. The van der Waals surface area contributed by atoms with E-state index in [1.54, 1.807) is 17.9 Å². The van der Waals surface area contributed by atoms with Crippen LogP contribution in [-0.2, 0) is 6.54 Å². The lowest BCUT2D eigenvalue weighted by atomic mass is 10.2. The summed E-state index contributed by atoms with van der Waals surface area (Å²) < 4.78 is 12.6. The molecule has 1 heterocycles. The Kier molecular flexibility index (Phi) is 3.64. The highest BCUT2D eigenvalue weighted by Gasteiger charge is 2.07. The molecule has 0 aliphatic heterocycles. The molecule has 0 bridgehead atoms. The van der Waals surface area contributed by atoms with Crippen molar-refractivity contribution >= 4 is 10.9 Å². The van der Waals surface area contributed by atoms with Gasteiger partial charge in [0.15, 0.2) is 0 Å². The van der Waals surface area contributed by atoms with Crippen molar-refractivity contribution in [3.05, 3.63) is 58.9 Å². The zero-order chi connectivity index (χ0) is 14.7. The first-order chi connectivity index (χ1) is 10.3. The number of hydrogen-bond donors (Lipinski definition) is 1. The van der Waals surface area contributed by atoms with E-state index in [1.807, 2.05) is 42.5 Å². The van der Waals surface area contributed by atoms with Crippen LogP contribution in [0.25, 0.3) is 10.9 Å². The minimum atomic E-state index is -0.122. The molecule has 0 saturated carbocycles. The molecule has 0 radical (unpaired) electrons. The molecule has 3 rings (SSSR count). The highest BCUT2D eigenvalue weighted by molar-refractivity contribution is 5.80. The van der Waals surface area contributed by atoms with E-state index in [-0.39, 0.29) is 5.56 Å². The van der Waals surface area contributed by atoms with E-state index in [0.29, 0.717) is 24.3 Å². The standard InChI is InChI=1S/C16H16N2O3/c1-20-13-7-8-15-14(11-13)16(19)17-18(15)9-10-21-12-5-3-2-4-6-12/h2-8,11H,9-10H2,1H3,(H,17,19). The maximum Gasteiger partial charge on any atom is 0.272 e. The largest absolute Gasteiger partial charge is 0.497 e. The lowest BCUT2D eigenvalue weighted by Gasteiger charge is -2.07. The van der Waals surface area contributed by atoms with Crippen LogP contribution in [0.2, 0.25) is 0 Å². The lowest BCUT2D eigenvalue weighted by Crippen LogP contribution is -2.11. The van der Waals surface area contributed by atoms with E-state index in [4.69, 9.17) is 9.47 Å². The molecule has 0 spiro atoms. The number of rotatable bonds is 5. The fourth-order valence-corrected chi connectivity index (χ4v) is 2.25. The van der Waals surface area contributed by atoms with Gasteiger partial charge < -0.3 is 9.47 Å². The minimum Gasteiger partial charge on any atom is -0.497 e. The summed E-state index contributed by atoms with van der Waals surface area (Å²) >= 11 is 0. The van der Waals surface area contributed by atoms with Gasteiger partial charge in [-0.1, -0.05) is 18.2 Å². The molecule has 1 aromatic heterocycles. The summed E-state index contributed by atoms with van der Waals surface area (Å²) in [5, 5.41) is 3.44. The Labute approximate surface area is 121 Å². The molecule has 21 heavy (non-hydrogen) atoms. The van der Waals surface area contributed by atoms with Crippen molar-refractivity contribution in [3.63, 3.8) is 0 Å². The van der Waals surface area contributed by atoms with Crippen LogP contribution in [0, 0.1) is 0 Å². The fraction of sp³-hybridized carbons (Fsp3) is 0.188. The number of ether oxygens (including phenoxy) is 2. The van der Waals surface area contributed by atoms with Gasteiger partial charge in [0.2, 0.25) is 0 Å². The predicted molar refractivity (Wildman–Crippen MR) is 81.0 cm³/mol. The number of nitrogens with one attached hydrogen (secondary N) is 1. The Morgan fingerprint density at radius 2 is 1.90 bits per heavy atom. The third kappa shape index (κ3) is 2.76. The van der Waals surface area contributed by atoms with Gasteiger partial charge in [0.05, 0.1) is 24.6 Å². The van der Waals surface area contributed by atoms with E-state index in [1.165, 1.54) is 0 Å². The molecule has 0 atom stereocenters. The molecule has 0 aliphatic rings. The van der Waals surface area contributed by atoms with Gasteiger partial charge in [0.25, 0.3) is 5.56 Å². The second-order valence-electron chi connectivity index (χ2n) is 4.64. The Morgan fingerprint density at radius 3 is 2.67 bits per heavy atom. The second-order valence-corrected chi connectivity index (χ2v) is 4.64. The van der Waals surface area contributed by atoms with E-state index in [0.717, 1.165) is 11.3 Å². The van der Waals surface area contributed by atoms with Crippen LogP contribution in [0.15, 0.2) is 53.3 Å². The van der Waals surface area contributed by atoms with Gasteiger partial charge in [-0.3, -0.25) is 14.6 Å². The van der Waals surface area contributed by atoms with Crippen molar-refractivity contribution in [2.45, 2.75) is 6.54 Å². The normalized spacial score (nSPS) is 10.7. The van der Waals surface area contributed by atoms with Gasteiger partial charge in [0, 0.05) is 0 Å². The van der Waals surface area contributed by atoms with E-state index >= 15 is 0 Å². The first-order valence-corrected chi connectivity index (χ1v) is 6.72. The van der Waals surface area contributed by atoms with Crippen LogP contribution in [0.1, 0.15) is 0 Å². The average molecular weight is 284 g/mol. The van der Waals surface area contributed by atoms with Crippen molar-refractivity contribution < 1.29 is 9.47 Å². The third-order valence-corrected chi connectivity index (χ3v) is 3.30. The summed E-state index contributed by atoms with van der Waals surface area (Å²) in [5.74, 6) is 1.49. The number of aromatic amines is 1. The maximum absolute atomic E-state index is 11.9. The molecule has 2 aromatic carbocycles. The van der Waals surface area contributed by atoms with Gasteiger partial charge in [-0.15, -0.1) is 0 Å². The first-order valence-electron chi connectivity index (χ1n) is 6.72. The summed E-state index contributed by atoms with van der Waals surface area (Å²) in [6.07, 6.45) is 0. The number of hydrogen-bond acceptors (Lipinski definition) is 3. The third-order valence-electron chi connectivity index (χ3n) is 3.30. The zero-order valence-corrected chi connectivity index (χ0v) is 11.7. The molecule has 0 aliphatic carbocycles. The molecule has 0 unspecified atom stereocenters. The van der Waals surface area contributed by atoms with Gasteiger partial charge in [-0.2, -0.15) is 0 Å². The fourth-order valence-electron chi connectivity index (χ4n) is 2.25. The number of methoxy groups -OCH3 is 1. The van der Waals surface area contributed by atoms with Gasteiger partial charge in [-0.25, -0.2) is 0 Å². The molecular weight excluding hydrogens is 268 g/mol. The molecule has 3 aromatic rings. The topological polar surface area (TPSA) is 56.2 Å². The van der Waals surface area contributed by atoms with Crippen molar-refractivity contribution in [2.75, 3.05) is 13.7 Å². The lowest BCUT2D eigenvalue weighted by molar-refractivity contribution is 0.293. The van der Waals surface area contributed by atoms with Crippen LogP contribution in [0.3, 0.4) is 0 Å². The average Bonchev–Trinajstić information content (AvgIpc) is 2.84. The van der Waals surface area contributed by atoms with Gasteiger partial charge >= 0.3 is 0 Å². The minimum absolute atomic E-state index is 0.122. The summed E-state index contributed by atoms with van der Waals surface area (Å²) in [6.45, 7) is 1.05. The quantitative estimate of drug-likeness (QED) is 0.783. The van der Waals surface area contributed by atoms with Crippen molar-refractivity contribution in [1.82, 2.24) is 9.78 Å². The van der Waals surface area contributed by atoms with E-state index < -0.39 is 0 Å². The first kappa shape index (κ1) is 13.3. The highest BCUT2D eigenvalue weighted by atomic mass is 16.5. The Hall–Kier alpha value is -2.69. The SMILES string of the molecule is COc1ccc2c(c1)c(=O)[nH]n2CCOc1ccccc1. The van der Waals surface area contributed by atoms with Gasteiger partial charge in [-0.05, 0) is 30.3 Å². The molecule has 108 valence electrons. The highest BCUT2D eigenvalue weighted by Crippen LogP contribution is 2.17.